The first-order valence-corrected chi connectivity index (χ1v) is 7.69. The van der Waals surface area contributed by atoms with Crippen LogP contribution in [0.15, 0.2) is 24.3 Å². The van der Waals surface area contributed by atoms with Gasteiger partial charge < -0.3 is 5.32 Å². The molecule has 0 amide bonds. The normalized spacial score (nSPS) is 12.9. The van der Waals surface area contributed by atoms with E-state index in [2.05, 4.69) is 26.1 Å². The highest BCUT2D eigenvalue weighted by molar-refractivity contribution is 5.18. The lowest BCUT2D eigenvalue weighted by atomic mass is 9.86. The summed E-state index contributed by atoms with van der Waals surface area (Å²) in [7, 11) is 0. The van der Waals surface area contributed by atoms with Crippen LogP contribution in [0.1, 0.15) is 52.0 Å². The Morgan fingerprint density at radius 3 is 2.21 bits per heavy atom. The summed E-state index contributed by atoms with van der Waals surface area (Å²) in [5.41, 5.74) is 0.839. The first kappa shape index (κ1) is 16.2. The van der Waals surface area contributed by atoms with Crippen molar-refractivity contribution < 1.29 is 4.39 Å². The van der Waals surface area contributed by atoms with Gasteiger partial charge in [-0.2, -0.15) is 0 Å². The molecule has 1 unspecified atom stereocenters. The number of rotatable bonds is 9. The molecular weight excluding hydrogens is 237 g/mol. The van der Waals surface area contributed by atoms with E-state index in [1.165, 1.54) is 25.7 Å². The smallest absolute Gasteiger partial charge is 0.126 e. The van der Waals surface area contributed by atoms with Crippen molar-refractivity contribution in [1.82, 2.24) is 5.32 Å². The molecule has 0 spiro atoms. The average molecular weight is 265 g/mol. The molecule has 0 aliphatic carbocycles. The number of nitrogens with one attached hydrogen (secondary N) is 1. The van der Waals surface area contributed by atoms with Crippen molar-refractivity contribution in [2.45, 2.75) is 58.9 Å². The molecule has 0 aromatic heterocycles. The van der Waals surface area contributed by atoms with E-state index in [4.69, 9.17) is 0 Å². The minimum absolute atomic E-state index is 0.0721. The predicted molar refractivity (Wildman–Crippen MR) is 80.9 cm³/mol. The highest BCUT2D eigenvalue weighted by Gasteiger charge is 2.20. The van der Waals surface area contributed by atoms with Gasteiger partial charge in [0.1, 0.15) is 5.82 Å². The summed E-state index contributed by atoms with van der Waals surface area (Å²) in [5, 5.41) is 3.56. The topological polar surface area (TPSA) is 12.0 Å². The van der Waals surface area contributed by atoms with Crippen molar-refractivity contribution in [3.8, 4) is 0 Å². The zero-order valence-corrected chi connectivity index (χ0v) is 12.6. The summed E-state index contributed by atoms with van der Waals surface area (Å²) in [5.74, 6) is 0.576. The average Bonchev–Trinajstić information content (AvgIpc) is 2.40. The SMILES string of the molecule is CCCC(CCC)C(Cc1ccccc1F)NCC. The molecule has 0 saturated carbocycles. The lowest BCUT2D eigenvalue weighted by Crippen LogP contribution is -2.38. The fraction of sp³-hybridized carbons (Fsp3) is 0.647. The van der Waals surface area contributed by atoms with Crippen LogP contribution in [0.25, 0.3) is 0 Å². The molecule has 108 valence electrons. The van der Waals surface area contributed by atoms with Crippen LogP contribution in [-0.2, 0) is 6.42 Å². The van der Waals surface area contributed by atoms with Gasteiger partial charge in [-0.25, -0.2) is 4.39 Å². The summed E-state index contributed by atoms with van der Waals surface area (Å²) in [6.45, 7) is 7.54. The van der Waals surface area contributed by atoms with Crippen molar-refractivity contribution in [3.63, 3.8) is 0 Å². The summed E-state index contributed by atoms with van der Waals surface area (Å²) in [4.78, 5) is 0. The Balaban J connectivity index is 2.77. The van der Waals surface area contributed by atoms with Gasteiger partial charge in [-0.1, -0.05) is 51.8 Å². The van der Waals surface area contributed by atoms with Crippen LogP contribution < -0.4 is 5.32 Å². The van der Waals surface area contributed by atoms with Gasteiger partial charge >= 0.3 is 0 Å². The molecule has 1 aromatic rings. The zero-order valence-electron chi connectivity index (χ0n) is 12.6. The largest absolute Gasteiger partial charge is 0.314 e. The summed E-state index contributed by atoms with van der Waals surface area (Å²) < 4.78 is 13.8. The van der Waals surface area contributed by atoms with E-state index in [9.17, 15) is 4.39 Å². The highest BCUT2D eigenvalue weighted by atomic mass is 19.1. The second-order valence-electron chi connectivity index (χ2n) is 5.30. The molecule has 0 aliphatic rings. The third kappa shape index (κ3) is 5.32. The van der Waals surface area contributed by atoms with Crippen molar-refractivity contribution in [3.05, 3.63) is 35.6 Å². The first-order chi connectivity index (χ1) is 9.22. The molecule has 0 radical (unpaired) electrons. The van der Waals surface area contributed by atoms with E-state index in [0.29, 0.717) is 12.0 Å². The molecule has 1 rings (SSSR count). The van der Waals surface area contributed by atoms with Crippen molar-refractivity contribution in [2.24, 2.45) is 5.92 Å². The summed E-state index contributed by atoms with van der Waals surface area (Å²) >= 11 is 0. The zero-order chi connectivity index (χ0) is 14.1. The van der Waals surface area contributed by atoms with Gasteiger partial charge in [0.15, 0.2) is 0 Å². The van der Waals surface area contributed by atoms with Gasteiger partial charge in [0.25, 0.3) is 0 Å². The van der Waals surface area contributed by atoms with Crippen LogP contribution in [0.4, 0.5) is 4.39 Å². The maximum Gasteiger partial charge on any atom is 0.126 e. The fourth-order valence-electron chi connectivity index (χ4n) is 2.86. The van der Waals surface area contributed by atoms with E-state index in [1.54, 1.807) is 12.1 Å². The van der Waals surface area contributed by atoms with Crippen LogP contribution in [0, 0.1) is 11.7 Å². The molecule has 19 heavy (non-hydrogen) atoms. The molecule has 1 aromatic carbocycles. The maximum absolute atomic E-state index is 13.8. The molecule has 0 bridgehead atoms. The van der Waals surface area contributed by atoms with Gasteiger partial charge in [-0.05, 0) is 43.4 Å². The minimum atomic E-state index is -0.0721. The lowest BCUT2D eigenvalue weighted by Gasteiger charge is -2.28. The predicted octanol–water partition coefficient (Wildman–Crippen LogP) is 4.56. The van der Waals surface area contributed by atoms with Gasteiger partial charge in [-0.15, -0.1) is 0 Å². The molecule has 1 atom stereocenters. The summed E-state index contributed by atoms with van der Waals surface area (Å²) in [6, 6.07) is 7.55. The highest BCUT2D eigenvalue weighted by Crippen LogP contribution is 2.22. The monoisotopic (exact) mass is 265 g/mol. The molecule has 2 heteroatoms. The quantitative estimate of drug-likeness (QED) is 0.690. The third-order valence-electron chi connectivity index (χ3n) is 3.75. The number of hydrogen-bond donors (Lipinski definition) is 1. The number of likely N-dealkylation sites (N-methyl/N-ethyl adjacent to an activating group) is 1. The Bertz CT molecular complexity index is 345. The van der Waals surface area contributed by atoms with Gasteiger partial charge in [0, 0.05) is 6.04 Å². The number of benzene rings is 1. The van der Waals surface area contributed by atoms with Crippen LogP contribution >= 0.6 is 0 Å². The van der Waals surface area contributed by atoms with Crippen LogP contribution in [0.3, 0.4) is 0 Å². The van der Waals surface area contributed by atoms with Crippen molar-refractivity contribution in [1.29, 1.82) is 0 Å². The van der Waals surface area contributed by atoms with E-state index < -0.39 is 0 Å². The molecule has 0 heterocycles. The lowest BCUT2D eigenvalue weighted by molar-refractivity contribution is 0.310. The van der Waals surface area contributed by atoms with E-state index in [0.717, 1.165) is 18.5 Å². The molecule has 0 saturated heterocycles. The Kier molecular flexibility index (Phi) is 7.73. The number of hydrogen-bond acceptors (Lipinski definition) is 1. The molecule has 1 nitrogen and oxygen atoms in total. The minimum Gasteiger partial charge on any atom is -0.314 e. The summed E-state index contributed by atoms with van der Waals surface area (Å²) in [6.07, 6.45) is 5.64. The molecular formula is C17H28FN. The molecule has 0 fully saturated rings. The second kappa shape index (κ2) is 9.08. The Morgan fingerprint density at radius 2 is 1.68 bits per heavy atom. The second-order valence-corrected chi connectivity index (χ2v) is 5.30. The first-order valence-electron chi connectivity index (χ1n) is 7.69. The molecule has 1 N–H and O–H groups in total. The molecule has 0 aliphatic heterocycles. The van der Waals surface area contributed by atoms with E-state index in [1.807, 2.05) is 12.1 Å². The Labute approximate surface area is 117 Å². The van der Waals surface area contributed by atoms with Crippen molar-refractivity contribution in [2.75, 3.05) is 6.54 Å². The van der Waals surface area contributed by atoms with Gasteiger partial charge in [0.05, 0.1) is 0 Å². The van der Waals surface area contributed by atoms with Crippen molar-refractivity contribution >= 4 is 0 Å². The Hall–Kier alpha value is -0.890. The Morgan fingerprint density at radius 1 is 1.05 bits per heavy atom. The van der Waals surface area contributed by atoms with Gasteiger partial charge in [-0.3, -0.25) is 0 Å². The van der Waals surface area contributed by atoms with Crippen LogP contribution in [0.5, 0.6) is 0 Å². The van der Waals surface area contributed by atoms with E-state index >= 15 is 0 Å². The maximum atomic E-state index is 13.8. The van der Waals surface area contributed by atoms with E-state index in [-0.39, 0.29) is 5.82 Å². The van der Waals surface area contributed by atoms with Gasteiger partial charge in [0.2, 0.25) is 0 Å². The number of halogens is 1. The third-order valence-corrected chi connectivity index (χ3v) is 3.75. The standard InChI is InChI=1S/C17H28FN/c1-4-9-14(10-5-2)17(19-6-3)13-15-11-7-8-12-16(15)18/h7-8,11-12,14,17,19H,4-6,9-10,13H2,1-3H3. The fourth-order valence-corrected chi connectivity index (χ4v) is 2.86. The van der Waals surface area contributed by atoms with Crippen LogP contribution in [0.2, 0.25) is 0 Å². The van der Waals surface area contributed by atoms with Crippen LogP contribution in [-0.4, -0.2) is 12.6 Å².